The van der Waals surface area contributed by atoms with Gasteiger partial charge >= 0.3 is 5.97 Å². The molecule has 5 nitrogen and oxygen atoms in total. The van der Waals surface area contributed by atoms with Crippen LogP contribution in [-0.4, -0.2) is 56.1 Å². The maximum absolute atomic E-state index is 11.4. The Hall–Kier alpha value is -1.33. The van der Waals surface area contributed by atoms with Crippen molar-refractivity contribution >= 4 is 5.97 Å². The van der Waals surface area contributed by atoms with Crippen molar-refractivity contribution < 1.29 is 13.9 Å². The van der Waals surface area contributed by atoms with Gasteiger partial charge in [0.1, 0.15) is 5.76 Å². The Labute approximate surface area is 120 Å². The normalized spacial score (nSPS) is 25.1. The molecular formula is C15H24N2O3. The molecule has 1 aliphatic heterocycles. The molecule has 0 amide bonds. The molecule has 0 spiro atoms. The van der Waals surface area contributed by atoms with Crippen LogP contribution in [0.5, 0.6) is 0 Å². The van der Waals surface area contributed by atoms with E-state index < -0.39 is 5.97 Å². The zero-order valence-electron chi connectivity index (χ0n) is 12.9. The quantitative estimate of drug-likeness (QED) is 0.790. The van der Waals surface area contributed by atoms with Gasteiger partial charge in [0.05, 0.1) is 13.2 Å². The van der Waals surface area contributed by atoms with Crippen LogP contribution < -0.4 is 0 Å². The van der Waals surface area contributed by atoms with E-state index in [-0.39, 0.29) is 11.8 Å². The summed E-state index contributed by atoms with van der Waals surface area (Å²) in [5.41, 5.74) is 0. The number of esters is 1. The van der Waals surface area contributed by atoms with Crippen LogP contribution in [0.1, 0.15) is 36.2 Å². The molecule has 2 heterocycles. The first-order valence-electron chi connectivity index (χ1n) is 7.02. The molecule has 1 saturated heterocycles. The topological polar surface area (TPSA) is 45.9 Å². The van der Waals surface area contributed by atoms with Gasteiger partial charge in [-0.1, -0.05) is 6.92 Å². The van der Waals surface area contributed by atoms with E-state index in [1.54, 1.807) is 6.07 Å². The molecule has 112 valence electrons. The van der Waals surface area contributed by atoms with Crippen molar-refractivity contribution in [3.63, 3.8) is 0 Å². The highest BCUT2D eigenvalue weighted by Crippen LogP contribution is 2.30. The lowest BCUT2D eigenvalue weighted by atomic mass is 10.1. The summed E-state index contributed by atoms with van der Waals surface area (Å²) in [6, 6.07) is 4.28. The first-order chi connectivity index (χ1) is 9.43. The molecule has 3 atom stereocenters. The molecule has 0 bridgehead atoms. The van der Waals surface area contributed by atoms with Crippen molar-refractivity contribution in [1.82, 2.24) is 9.80 Å². The number of methoxy groups -OCH3 is 1. The molecule has 0 aliphatic carbocycles. The Bertz CT molecular complexity index is 469. The van der Waals surface area contributed by atoms with E-state index in [4.69, 9.17) is 4.42 Å². The van der Waals surface area contributed by atoms with Gasteiger partial charge in [0.15, 0.2) is 0 Å². The zero-order valence-corrected chi connectivity index (χ0v) is 12.9. The van der Waals surface area contributed by atoms with E-state index in [1.807, 2.05) is 6.07 Å². The van der Waals surface area contributed by atoms with Crippen molar-refractivity contribution in [3.05, 3.63) is 23.7 Å². The van der Waals surface area contributed by atoms with Crippen LogP contribution in [0.2, 0.25) is 0 Å². The fourth-order valence-corrected chi connectivity index (χ4v) is 2.94. The third-order valence-electron chi connectivity index (χ3n) is 4.24. The number of furan rings is 1. The van der Waals surface area contributed by atoms with Crippen LogP contribution >= 0.6 is 0 Å². The number of ether oxygens (including phenoxy) is 1. The SMILES string of the molecule is COC(=O)c1ccc(C(C)N2CC(C)C(N(C)C)C2)o1. The van der Waals surface area contributed by atoms with E-state index in [2.05, 4.69) is 42.5 Å². The number of hydrogen-bond acceptors (Lipinski definition) is 5. The summed E-state index contributed by atoms with van der Waals surface area (Å²) in [5, 5.41) is 0. The van der Waals surface area contributed by atoms with Crippen LogP contribution in [0.4, 0.5) is 0 Å². The summed E-state index contributed by atoms with van der Waals surface area (Å²) in [4.78, 5) is 16.1. The van der Waals surface area contributed by atoms with Gasteiger partial charge in [-0.15, -0.1) is 0 Å². The summed E-state index contributed by atoms with van der Waals surface area (Å²) in [6.45, 7) is 6.45. The Balaban J connectivity index is 2.07. The predicted octanol–water partition coefficient (Wildman–Crippen LogP) is 2.01. The summed E-state index contributed by atoms with van der Waals surface area (Å²) in [7, 11) is 5.60. The first-order valence-corrected chi connectivity index (χ1v) is 7.02. The third kappa shape index (κ3) is 2.88. The summed E-state index contributed by atoms with van der Waals surface area (Å²) < 4.78 is 10.3. The van der Waals surface area contributed by atoms with Gasteiger partial charge in [0.2, 0.25) is 5.76 Å². The average molecular weight is 280 g/mol. The Morgan fingerprint density at radius 1 is 1.45 bits per heavy atom. The Morgan fingerprint density at radius 2 is 2.15 bits per heavy atom. The minimum atomic E-state index is -0.426. The highest BCUT2D eigenvalue weighted by atomic mass is 16.5. The van der Waals surface area contributed by atoms with E-state index in [0.29, 0.717) is 12.0 Å². The second-order valence-electron chi connectivity index (χ2n) is 5.83. The summed E-state index contributed by atoms with van der Waals surface area (Å²) in [5.74, 6) is 1.29. The van der Waals surface area contributed by atoms with Gasteiger partial charge < -0.3 is 14.1 Å². The fourth-order valence-electron chi connectivity index (χ4n) is 2.94. The van der Waals surface area contributed by atoms with Crippen molar-refractivity contribution in [2.75, 3.05) is 34.3 Å². The van der Waals surface area contributed by atoms with E-state index in [0.717, 1.165) is 18.8 Å². The van der Waals surface area contributed by atoms with Crippen molar-refractivity contribution in [3.8, 4) is 0 Å². The van der Waals surface area contributed by atoms with E-state index >= 15 is 0 Å². The smallest absolute Gasteiger partial charge is 0.373 e. The number of carbonyl (C=O) groups is 1. The second-order valence-corrected chi connectivity index (χ2v) is 5.83. The minimum absolute atomic E-state index is 0.167. The zero-order chi connectivity index (χ0) is 14.9. The van der Waals surface area contributed by atoms with Crippen molar-refractivity contribution in [2.45, 2.75) is 25.9 Å². The number of carbonyl (C=O) groups excluding carboxylic acids is 1. The minimum Gasteiger partial charge on any atom is -0.463 e. The van der Waals surface area contributed by atoms with Gasteiger partial charge in [-0.2, -0.15) is 0 Å². The molecule has 1 aromatic rings. The molecule has 0 saturated carbocycles. The molecule has 0 radical (unpaired) electrons. The number of nitrogens with zero attached hydrogens (tertiary/aromatic N) is 2. The molecule has 20 heavy (non-hydrogen) atoms. The molecular weight excluding hydrogens is 256 g/mol. The fraction of sp³-hybridized carbons (Fsp3) is 0.667. The maximum atomic E-state index is 11.4. The van der Waals surface area contributed by atoms with Gasteiger partial charge in [0, 0.05) is 19.1 Å². The van der Waals surface area contributed by atoms with Gasteiger partial charge in [0.25, 0.3) is 0 Å². The molecule has 0 N–H and O–H groups in total. The van der Waals surface area contributed by atoms with Gasteiger partial charge in [-0.3, -0.25) is 4.90 Å². The van der Waals surface area contributed by atoms with Crippen LogP contribution in [-0.2, 0) is 4.74 Å². The highest BCUT2D eigenvalue weighted by Gasteiger charge is 2.34. The van der Waals surface area contributed by atoms with E-state index in [1.165, 1.54) is 7.11 Å². The molecule has 1 aromatic heterocycles. The second kappa shape index (κ2) is 5.97. The molecule has 0 aromatic carbocycles. The molecule has 1 fully saturated rings. The van der Waals surface area contributed by atoms with Crippen molar-refractivity contribution in [1.29, 1.82) is 0 Å². The van der Waals surface area contributed by atoms with Gasteiger partial charge in [-0.05, 0) is 39.1 Å². The highest BCUT2D eigenvalue weighted by molar-refractivity contribution is 5.86. The Kier molecular flexibility index (Phi) is 4.50. The van der Waals surface area contributed by atoms with Gasteiger partial charge in [-0.25, -0.2) is 4.79 Å². The van der Waals surface area contributed by atoms with Crippen LogP contribution in [0.25, 0.3) is 0 Å². The maximum Gasteiger partial charge on any atom is 0.373 e. The van der Waals surface area contributed by atoms with Crippen LogP contribution in [0.15, 0.2) is 16.5 Å². The largest absolute Gasteiger partial charge is 0.463 e. The van der Waals surface area contributed by atoms with Crippen LogP contribution in [0.3, 0.4) is 0 Å². The summed E-state index contributed by atoms with van der Waals surface area (Å²) >= 11 is 0. The monoisotopic (exact) mass is 280 g/mol. The summed E-state index contributed by atoms with van der Waals surface area (Å²) in [6.07, 6.45) is 0. The van der Waals surface area contributed by atoms with Crippen LogP contribution in [0, 0.1) is 5.92 Å². The van der Waals surface area contributed by atoms with Crippen molar-refractivity contribution in [2.24, 2.45) is 5.92 Å². The standard InChI is InChI=1S/C15H24N2O3/c1-10-8-17(9-12(10)16(3)4)11(2)13-6-7-14(20-13)15(18)19-5/h6-7,10-12H,8-9H2,1-5H3. The lowest BCUT2D eigenvalue weighted by Gasteiger charge is -2.24. The third-order valence-corrected chi connectivity index (χ3v) is 4.24. The molecule has 1 aliphatic rings. The number of hydrogen-bond donors (Lipinski definition) is 0. The number of rotatable bonds is 4. The Morgan fingerprint density at radius 3 is 2.70 bits per heavy atom. The lowest BCUT2D eigenvalue weighted by Crippen LogP contribution is -2.34. The average Bonchev–Trinajstić information content (AvgIpc) is 3.03. The number of likely N-dealkylation sites (tertiary alicyclic amines) is 1. The number of likely N-dealkylation sites (N-methyl/N-ethyl adjacent to an activating group) is 1. The molecule has 5 heteroatoms. The lowest BCUT2D eigenvalue weighted by molar-refractivity contribution is 0.0559. The first kappa shape index (κ1) is 15.1. The van der Waals surface area contributed by atoms with E-state index in [9.17, 15) is 4.79 Å². The predicted molar refractivity (Wildman–Crippen MR) is 76.7 cm³/mol. The molecule has 3 unspecified atom stereocenters. The molecule has 2 rings (SSSR count).